The second-order valence-electron chi connectivity index (χ2n) is 4.18. The zero-order valence-electron chi connectivity index (χ0n) is 8.49. The molecule has 2 atom stereocenters. The lowest BCUT2D eigenvalue weighted by molar-refractivity contribution is 0.262. The molecule has 1 aliphatic carbocycles. The monoisotopic (exact) mass is 213 g/mol. The summed E-state index contributed by atoms with van der Waals surface area (Å²) in [6.07, 6.45) is 6.69. The van der Waals surface area contributed by atoms with Gasteiger partial charge in [0.2, 0.25) is 0 Å². The van der Waals surface area contributed by atoms with Crippen molar-refractivity contribution in [2.75, 3.05) is 0 Å². The molecule has 1 heterocycles. The largest absolute Gasteiger partial charge is 0.246 e. The van der Waals surface area contributed by atoms with E-state index in [9.17, 15) is 0 Å². The van der Waals surface area contributed by atoms with Crippen molar-refractivity contribution in [1.82, 2.24) is 14.8 Å². The second kappa shape index (κ2) is 4.30. The van der Waals surface area contributed by atoms with Crippen molar-refractivity contribution in [3.8, 4) is 0 Å². The van der Waals surface area contributed by atoms with Crippen molar-refractivity contribution >= 4 is 11.6 Å². The van der Waals surface area contributed by atoms with Crippen LogP contribution >= 0.6 is 11.6 Å². The summed E-state index contributed by atoms with van der Waals surface area (Å²) in [4.78, 5) is 4.15. The van der Waals surface area contributed by atoms with Crippen molar-refractivity contribution in [2.45, 2.75) is 44.5 Å². The Morgan fingerprint density at radius 3 is 3.14 bits per heavy atom. The van der Waals surface area contributed by atoms with E-state index < -0.39 is 0 Å². The summed E-state index contributed by atoms with van der Waals surface area (Å²) in [5, 5.41) is 4.27. The molecule has 1 saturated carbocycles. The van der Waals surface area contributed by atoms with E-state index in [1.807, 2.05) is 4.68 Å². The van der Waals surface area contributed by atoms with Crippen molar-refractivity contribution in [3.63, 3.8) is 0 Å². The quantitative estimate of drug-likeness (QED) is 0.708. The zero-order valence-corrected chi connectivity index (χ0v) is 9.24. The van der Waals surface area contributed by atoms with E-state index in [0.717, 1.165) is 11.7 Å². The normalized spacial score (nSPS) is 27.9. The Labute approximate surface area is 89.5 Å². The van der Waals surface area contributed by atoms with Crippen LogP contribution in [0, 0.1) is 5.92 Å². The molecule has 0 bridgehead atoms. The highest BCUT2D eigenvalue weighted by atomic mass is 35.5. The smallest absolute Gasteiger partial charge is 0.142 e. The number of nitrogens with zero attached hydrogens (tertiary/aromatic N) is 3. The summed E-state index contributed by atoms with van der Waals surface area (Å²) >= 11 is 5.81. The Kier molecular flexibility index (Phi) is 3.06. The molecule has 1 aliphatic rings. The molecule has 2 unspecified atom stereocenters. The molecule has 0 saturated heterocycles. The van der Waals surface area contributed by atoms with Gasteiger partial charge in [-0.1, -0.05) is 19.8 Å². The van der Waals surface area contributed by atoms with Gasteiger partial charge in [-0.25, -0.2) is 9.67 Å². The van der Waals surface area contributed by atoms with Crippen LogP contribution < -0.4 is 0 Å². The van der Waals surface area contributed by atoms with Gasteiger partial charge in [0.15, 0.2) is 0 Å². The van der Waals surface area contributed by atoms with Gasteiger partial charge in [-0.2, -0.15) is 5.10 Å². The Hall–Kier alpha value is -0.570. The topological polar surface area (TPSA) is 30.7 Å². The molecule has 0 amide bonds. The van der Waals surface area contributed by atoms with Gasteiger partial charge in [0, 0.05) is 0 Å². The van der Waals surface area contributed by atoms with E-state index in [1.54, 1.807) is 6.33 Å². The Balaban J connectivity index is 2.13. The minimum Gasteiger partial charge on any atom is -0.246 e. The third kappa shape index (κ3) is 1.92. The molecule has 78 valence electrons. The highest BCUT2D eigenvalue weighted by Gasteiger charge is 2.22. The van der Waals surface area contributed by atoms with Crippen LogP contribution in [0.1, 0.15) is 44.5 Å². The summed E-state index contributed by atoms with van der Waals surface area (Å²) in [5.41, 5.74) is 0. The van der Waals surface area contributed by atoms with E-state index in [2.05, 4.69) is 17.0 Å². The van der Waals surface area contributed by atoms with E-state index in [-0.39, 0.29) is 0 Å². The van der Waals surface area contributed by atoms with Crippen LogP contribution in [0.15, 0.2) is 6.33 Å². The second-order valence-corrected chi connectivity index (χ2v) is 4.45. The lowest BCUT2D eigenvalue weighted by Crippen LogP contribution is -2.20. The molecular weight excluding hydrogens is 198 g/mol. The van der Waals surface area contributed by atoms with E-state index in [0.29, 0.717) is 11.9 Å². The highest BCUT2D eigenvalue weighted by Crippen LogP contribution is 2.32. The van der Waals surface area contributed by atoms with Crippen LogP contribution in [-0.4, -0.2) is 14.8 Å². The van der Waals surface area contributed by atoms with Gasteiger partial charge in [0.05, 0.1) is 11.9 Å². The SMILES string of the molecule is CC1CCCC(n2ncnc2CCl)C1. The maximum atomic E-state index is 5.81. The number of hydrogen-bond donors (Lipinski definition) is 0. The predicted octanol–water partition coefficient (Wildman–Crippen LogP) is 2.77. The Morgan fingerprint density at radius 1 is 1.57 bits per heavy atom. The summed E-state index contributed by atoms with van der Waals surface area (Å²) < 4.78 is 2.02. The first-order chi connectivity index (χ1) is 6.81. The Bertz CT molecular complexity index is 297. The van der Waals surface area contributed by atoms with Crippen molar-refractivity contribution in [3.05, 3.63) is 12.2 Å². The van der Waals surface area contributed by atoms with Crippen molar-refractivity contribution < 1.29 is 0 Å². The van der Waals surface area contributed by atoms with E-state index in [1.165, 1.54) is 25.7 Å². The first-order valence-electron chi connectivity index (χ1n) is 5.25. The van der Waals surface area contributed by atoms with Crippen molar-refractivity contribution in [1.29, 1.82) is 0 Å². The third-order valence-electron chi connectivity index (χ3n) is 3.02. The molecule has 0 aromatic carbocycles. The molecule has 2 rings (SSSR count). The molecule has 0 N–H and O–H groups in total. The van der Waals surface area contributed by atoms with Gasteiger partial charge in [0.1, 0.15) is 12.2 Å². The maximum Gasteiger partial charge on any atom is 0.142 e. The highest BCUT2D eigenvalue weighted by molar-refractivity contribution is 6.16. The summed E-state index contributed by atoms with van der Waals surface area (Å²) in [5.74, 6) is 2.18. The third-order valence-corrected chi connectivity index (χ3v) is 3.26. The molecule has 3 nitrogen and oxygen atoms in total. The van der Waals surface area contributed by atoms with Gasteiger partial charge < -0.3 is 0 Å². The summed E-state index contributed by atoms with van der Waals surface area (Å²) in [6.45, 7) is 2.31. The molecule has 4 heteroatoms. The molecule has 1 aromatic rings. The van der Waals surface area contributed by atoms with Gasteiger partial charge in [0.25, 0.3) is 0 Å². The average molecular weight is 214 g/mol. The van der Waals surface area contributed by atoms with E-state index >= 15 is 0 Å². The van der Waals surface area contributed by atoms with E-state index in [4.69, 9.17) is 11.6 Å². The number of aromatic nitrogens is 3. The van der Waals surface area contributed by atoms with Crippen LogP contribution in [-0.2, 0) is 5.88 Å². The molecule has 0 spiro atoms. The standard InChI is InChI=1S/C10H16ClN3/c1-8-3-2-4-9(5-8)14-10(6-11)12-7-13-14/h7-9H,2-6H2,1H3. The minimum atomic E-state index is 0.463. The van der Waals surface area contributed by atoms with Gasteiger partial charge in [-0.3, -0.25) is 0 Å². The molecule has 0 aliphatic heterocycles. The summed E-state index contributed by atoms with van der Waals surface area (Å²) in [6, 6.07) is 0.523. The molecular formula is C10H16ClN3. The van der Waals surface area contributed by atoms with Crippen LogP contribution in [0.3, 0.4) is 0 Å². The predicted molar refractivity (Wildman–Crippen MR) is 56.2 cm³/mol. The van der Waals surface area contributed by atoms with Crippen LogP contribution in [0.4, 0.5) is 0 Å². The Morgan fingerprint density at radius 2 is 2.43 bits per heavy atom. The fraction of sp³-hybridized carbons (Fsp3) is 0.800. The average Bonchev–Trinajstić information content (AvgIpc) is 2.65. The first-order valence-corrected chi connectivity index (χ1v) is 5.79. The molecule has 1 aromatic heterocycles. The zero-order chi connectivity index (χ0) is 9.97. The summed E-state index contributed by atoms with van der Waals surface area (Å²) in [7, 11) is 0. The number of alkyl halides is 1. The van der Waals surface area contributed by atoms with Crippen molar-refractivity contribution in [2.24, 2.45) is 5.92 Å². The lowest BCUT2D eigenvalue weighted by atomic mass is 9.87. The minimum absolute atomic E-state index is 0.463. The molecule has 1 fully saturated rings. The maximum absolute atomic E-state index is 5.81. The fourth-order valence-corrected chi connectivity index (χ4v) is 2.49. The number of rotatable bonds is 2. The molecule has 0 radical (unpaired) electrons. The first kappa shape index (κ1) is 9.97. The van der Waals surface area contributed by atoms with Gasteiger partial charge >= 0.3 is 0 Å². The number of hydrogen-bond acceptors (Lipinski definition) is 2. The van der Waals surface area contributed by atoms with Crippen LogP contribution in [0.2, 0.25) is 0 Å². The fourth-order valence-electron chi connectivity index (χ4n) is 2.30. The number of halogens is 1. The molecule has 14 heavy (non-hydrogen) atoms. The van der Waals surface area contributed by atoms with Gasteiger partial charge in [-0.05, 0) is 18.8 Å². The lowest BCUT2D eigenvalue weighted by Gasteiger charge is -2.27. The van der Waals surface area contributed by atoms with Crippen LogP contribution in [0.25, 0.3) is 0 Å². The van der Waals surface area contributed by atoms with Gasteiger partial charge in [-0.15, -0.1) is 11.6 Å². The van der Waals surface area contributed by atoms with Crippen LogP contribution in [0.5, 0.6) is 0 Å².